The van der Waals surface area contributed by atoms with Gasteiger partial charge >= 0.3 is 0 Å². The topological polar surface area (TPSA) is 25.8 Å². The Morgan fingerprint density at radius 1 is 1.31 bits per heavy atom. The van der Waals surface area contributed by atoms with Crippen molar-refractivity contribution in [3.63, 3.8) is 0 Å². The number of aromatic nitrogens is 2. The predicted octanol–water partition coefficient (Wildman–Crippen LogP) is 3.27. The average molecular weight is 251 g/mol. The molecule has 1 aliphatic carbocycles. The van der Waals surface area contributed by atoms with E-state index in [0.717, 1.165) is 42.8 Å². The standard InChI is InChI=1S/C12H11ClN2S/c13-12-9-4-1-5-10(9)14-11(15-12)7-8-3-2-6-16-8/h2-3,6H,1,4-5,7H2. The molecule has 0 unspecified atom stereocenters. The molecule has 0 saturated heterocycles. The Morgan fingerprint density at radius 2 is 2.25 bits per heavy atom. The molecule has 0 radical (unpaired) electrons. The number of fused-ring (bicyclic) bond motifs is 1. The zero-order valence-electron chi connectivity index (χ0n) is 8.74. The molecule has 0 N–H and O–H groups in total. The van der Waals surface area contributed by atoms with E-state index in [1.807, 2.05) is 0 Å². The number of hydrogen-bond acceptors (Lipinski definition) is 3. The molecule has 2 heterocycles. The first-order valence-electron chi connectivity index (χ1n) is 5.39. The predicted molar refractivity (Wildman–Crippen MR) is 66.2 cm³/mol. The van der Waals surface area contributed by atoms with Gasteiger partial charge in [0.1, 0.15) is 11.0 Å². The summed E-state index contributed by atoms with van der Waals surface area (Å²) in [6.07, 6.45) is 4.04. The summed E-state index contributed by atoms with van der Waals surface area (Å²) in [4.78, 5) is 10.3. The molecule has 2 aromatic heterocycles. The summed E-state index contributed by atoms with van der Waals surface area (Å²) in [7, 11) is 0. The first-order chi connectivity index (χ1) is 7.83. The number of aryl methyl sites for hydroxylation is 1. The van der Waals surface area contributed by atoms with Crippen molar-refractivity contribution < 1.29 is 0 Å². The van der Waals surface area contributed by atoms with Crippen LogP contribution in [0.2, 0.25) is 5.15 Å². The molecule has 4 heteroatoms. The van der Waals surface area contributed by atoms with Gasteiger partial charge in [0, 0.05) is 22.6 Å². The fraction of sp³-hybridized carbons (Fsp3) is 0.333. The molecule has 82 valence electrons. The van der Waals surface area contributed by atoms with Gasteiger partial charge in [-0.1, -0.05) is 17.7 Å². The Balaban J connectivity index is 1.94. The van der Waals surface area contributed by atoms with Gasteiger partial charge in [-0.2, -0.15) is 0 Å². The Labute approximate surface area is 103 Å². The zero-order valence-corrected chi connectivity index (χ0v) is 10.3. The minimum atomic E-state index is 0.661. The van der Waals surface area contributed by atoms with E-state index in [-0.39, 0.29) is 0 Å². The smallest absolute Gasteiger partial charge is 0.136 e. The monoisotopic (exact) mass is 250 g/mol. The highest BCUT2D eigenvalue weighted by molar-refractivity contribution is 7.09. The van der Waals surface area contributed by atoms with Crippen molar-refractivity contribution in [2.45, 2.75) is 25.7 Å². The maximum atomic E-state index is 6.17. The largest absolute Gasteiger partial charge is 0.237 e. The van der Waals surface area contributed by atoms with Crippen molar-refractivity contribution in [1.82, 2.24) is 9.97 Å². The van der Waals surface area contributed by atoms with Crippen LogP contribution >= 0.6 is 22.9 Å². The lowest BCUT2D eigenvalue weighted by Crippen LogP contribution is -2.01. The summed E-state index contributed by atoms with van der Waals surface area (Å²) < 4.78 is 0. The first kappa shape index (κ1) is 10.2. The van der Waals surface area contributed by atoms with Gasteiger partial charge in [-0.25, -0.2) is 9.97 Å². The lowest BCUT2D eigenvalue weighted by atomic mass is 10.2. The van der Waals surface area contributed by atoms with E-state index in [1.54, 1.807) is 11.3 Å². The Hall–Kier alpha value is -0.930. The quantitative estimate of drug-likeness (QED) is 0.765. The molecule has 0 aliphatic heterocycles. The van der Waals surface area contributed by atoms with Crippen LogP contribution in [0.1, 0.15) is 28.4 Å². The molecule has 0 fully saturated rings. The summed E-state index contributed by atoms with van der Waals surface area (Å²) in [5, 5.41) is 2.73. The molecule has 0 bridgehead atoms. The van der Waals surface area contributed by atoms with Crippen molar-refractivity contribution >= 4 is 22.9 Å². The number of nitrogens with zero attached hydrogens (tertiary/aromatic N) is 2. The second kappa shape index (κ2) is 4.15. The maximum absolute atomic E-state index is 6.17. The molecule has 0 aromatic carbocycles. The van der Waals surface area contributed by atoms with Crippen LogP contribution in [0.4, 0.5) is 0 Å². The summed E-state index contributed by atoms with van der Waals surface area (Å²) >= 11 is 7.90. The van der Waals surface area contributed by atoms with Crippen LogP contribution in [0.3, 0.4) is 0 Å². The molecule has 16 heavy (non-hydrogen) atoms. The number of rotatable bonds is 2. The van der Waals surface area contributed by atoms with Crippen molar-refractivity contribution in [3.05, 3.63) is 44.6 Å². The minimum absolute atomic E-state index is 0.661. The van der Waals surface area contributed by atoms with Gasteiger partial charge in [-0.15, -0.1) is 11.3 Å². The minimum Gasteiger partial charge on any atom is -0.237 e. The van der Waals surface area contributed by atoms with Crippen LogP contribution in [-0.4, -0.2) is 9.97 Å². The molecule has 1 aliphatic rings. The van der Waals surface area contributed by atoms with Gasteiger partial charge in [-0.3, -0.25) is 0 Å². The molecular formula is C12H11ClN2S. The summed E-state index contributed by atoms with van der Waals surface area (Å²) in [6, 6.07) is 4.16. The molecule has 2 aromatic rings. The Morgan fingerprint density at radius 3 is 3.06 bits per heavy atom. The molecule has 0 atom stereocenters. The molecular weight excluding hydrogens is 240 g/mol. The van der Waals surface area contributed by atoms with Gasteiger partial charge in [0.15, 0.2) is 0 Å². The van der Waals surface area contributed by atoms with Gasteiger partial charge < -0.3 is 0 Å². The first-order valence-corrected chi connectivity index (χ1v) is 6.65. The summed E-state index contributed by atoms with van der Waals surface area (Å²) in [5.74, 6) is 0.855. The molecule has 0 spiro atoms. The van der Waals surface area contributed by atoms with Gasteiger partial charge in [0.25, 0.3) is 0 Å². The third kappa shape index (κ3) is 1.85. The maximum Gasteiger partial charge on any atom is 0.136 e. The molecule has 0 amide bonds. The van der Waals surface area contributed by atoms with Crippen molar-refractivity contribution in [2.24, 2.45) is 0 Å². The highest BCUT2D eigenvalue weighted by Crippen LogP contribution is 2.26. The fourth-order valence-corrected chi connectivity index (χ4v) is 3.09. The lowest BCUT2D eigenvalue weighted by molar-refractivity contribution is 0.887. The van der Waals surface area contributed by atoms with Crippen molar-refractivity contribution in [1.29, 1.82) is 0 Å². The molecule has 2 nitrogen and oxygen atoms in total. The van der Waals surface area contributed by atoms with Crippen LogP contribution < -0.4 is 0 Å². The zero-order chi connectivity index (χ0) is 11.0. The van der Waals surface area contributed by atoms with E-state index in [2.05, 4.69) is 27.5 Å². The number of halogens is 1. The van der Waals surface area contributed by atoms with Crippen LogP contribution in [0.15, 0.2) is 17.5 Å². The van der Waals surface area contributed by atoms with E-state index < -0.39 is 0 Å². The third-order valence-corrected chi connectivity index (χ3v) is 4.03. The summed E-state index contributed by atoms with van der Waals surface area (Å²) in [6.45, 7) is 0. The number of hydrogen-bond donors (Lipinski definition) is 0. The van der Waals surface area contributed by atoms with Crippen molar-refractivity contribution in [2.75, 3.05) is 0 Å². The van der Waals surface area contributed by atoms with E-state index in [1.165, 1.54) is 4.88 Å². The van der Waals surface area contributed by atoms with Crippen LogP contribution in [0.5, 0.6) is 0 Å². The van der Waals surface area contributed by atoms with Crippen molar-refractivity contribution in [3.8, 4) is 0 Å². The second-order valence-corrected chi connectivity index (χ2v) is 5.36. The highest BCUT2D eigenvalue weighted by Gasteiger charge is 2.18. The van der Waals surface area contributed by atoms with Crippen LogP contribution in [0, 0.1) is 0 Å². The molecule has 0 saturated carbocycles. The Kier molecular flexibility index (Phi) is 2.65. The van der Waals surface area contributed by atoms with E-state index in [9.17, 15) is 0 Å². The SMILES string of the molecule is Clc1nc(Cc2cccs2)nc2c1CCC2. The van der Waals surface area contributed by atoms with Gasteiger partial charge in [-0.05, 0) is 30.7 Å². The van der Waals surface area contributed by atoms with Crippen LogP contribution in [-0.2, 0) is 19.3 Å². The van der Waals surface area contributed by atoms with E-state index in [0.29, 0.717) is 5.15 Å². The lowest BCUT2D eigenvalue weighted by Gasteiger charge is -2.04. The highest BCUT2D eigenvalue weighted by atomic mass is 35.5. The van der Waals surface area contributed by atoms with E-state index in [4.69, 9.17) is 11.6 Å². The third-order valence-electron chi connectivity index (χ3n) is 2.84. The normalized spacial score (nSPS) is 14.1. The van der Waals surface area contributed by atoms with Crippen LogP contribution in [0.25, 0.3) is 0 Å². The number of thiophene rings is 1. The fourth-order valence-electron chi connectivity index (χ4n) is 2.08. The second-order valence-electron chi connectivity index (χ2n) is 3.97. The Bertz CT molecular complexity index is 508. The van der Waals surface area contributed by atoms with E-state index >= 15 is 0 Å². The van der Waals surface area contributed by atoms with Gasteiger partial charge in [0.05, 0.1) is 0 Å². The molecule has 3 rings (SSSR count). The summed E-state index contributed by atoms with van der Waals surface area (Å²) in [5.41, 5.74) is 2.32. The average Bonchev–Trinajstić information content (AvgIpc) is 2.87. The van der Waals surface area contributed by atoms with Gasteiger partial charge in [0.2, 0.25) is 0 Å².